The number of carbonyl (C=O) groups excluding carboxylic acids is 2. The lowest BCUT2D eigenvalue weighted by molar-refractivity contribution is -0.343. The summed E-state index contributed by atoms with van der Waals surface area (Å²) in [5.41, 5.74) is 0. The molecule has 0 aliphatic carbocycles. The van der Waals surface area contributed by atoms with Crippen LogP contribution < -0.4 is 0 Å². The molecule has 1 N–H and O–H groups in total. The molecule has 0 saturated carbocycles. The Morgan fingerprint density at radius 1 is 0.818 bits per heavy atom. The van der Waals surface area contributed by atoms with E-state index in [0.717, 1.165) is 0 Å². The van der Waals surface area contributed by atoms with Gasteiger partial charge >= 0.3 is 24.0 Å². The van der Waals surface area contributed by atoms with Crippen molar-refractivity contribution in [2.75, 3.05) is 0 Å². The predicted molar refractivity (Wildman–Crippen MR) is 56.7 cm³/mol. The third-order valence-electron chi connectivity index (χ3n) is 2.55. The second-order valence-electron chi connectivity index (χ2n) is 4.39. The molecule has 0 radical (unpaired) electrons. The van der Waals surface area contributed by atoms with E-state index in [0.29, 0.717) is 0 Å². The molecule has 0 saturated heterocycles. The molecule has 0 unspecified atom stereocenters. The Hall–Kier alpha value is -1.68. The first kappa shape index (κ1) is 20.3. The monoisotopic (exact) mass is 340 g/mol. The number of carbonyl (C=O) groups is 3. The van der Waals surface area contributed by atoms with Crippen molar-refractivity contribution in [1.82, 2.24) is 0 Å². The van der Waals surface area contributed by atoms with Gasteiger partial charge in [0.15, 0.2) is 0 Å². The summed E-state index contributed by atoms with van der Waals surface area (Å²) in [6, 6.07) is 0. The van der Waals surface area contributed by atoms with Crippen LogP contribution in [-0.4, -0.2) is 40.7 Å². The first-order valence-electron chi connectivity index (χ1n) is 5.82. The van der Waals surface area contributed by atoms with E-state index in [9.17, 15) is 45.1 Å². The summed E-state index contributed by atoms with van der Waals surface area (Å²) in [4.78, 5) is 32.1. The predicted octanol–water partition coefficient (Wildman–Crippen LogP) is 2.99. The van der Waals surface area contributed by atoms with E-state index < -0.39 is 48.4 Å². The molecule has 0 aromatic heterocycles. The van der Waals surface area contributed by atoms with Crippen molar-refractivity contribution >= 4 is 17.5 Å². The number of carboxylic acid groups (broad SMARTS) is 1. The number of carboxylic acids is 1. The highest BCUT2D eigenvalue weighted by atomic mass is 19.4. The standard InChI is InChI=1S/C11H11F7O4/c12-9(13,10(14,15)11(16,17)18)7(20)5-6(19)3-1-2-4-8(21)22/h1-5H2,(H,21,22). The fraction of sp³-hybridized carbons (Fsp3) is 0.727. The van der Waals surface area contributed by atoms with Gasteiger partial charge in [0.25, 0.3) is 0 Å². The first-order valence-corrected chi connectivity index (χ1v) is 5.82. The molecule has 0 rings (SSSR count). The number of aliphatic carboxylic acids is 1. The number of alkyl halides is 7. The van der Waals surface area contributed by atoms with Crippen LogP contribution in [0.1, 0.15) is 32.1 Å². The van der Waals surface area contributed by atoms with Crippen molar-refractivity contribution in [3.05, 3.63) is 0 Å². The normalized spacial score (nSPS) is 13.0. The molecule has 0 fully saturated rings. The quantitative estimate of drug-likeness (QED) is 0.398. The Morgan fingerprint density at radius 3 is 1.68 bits per heavy atom. The van der Waals surface area contributed by atoms with Gasteiger partial charge in [-0.2, -0.15) is 30.7 Å². The van der Waals surface area contributed by atoms with Crippen molar-refractivity contribution in [3.63, 3.8) is 0 Å². The molecule has 11 heteroatoms. The second kappa shape index (κ2) is 7.05. The highest BCUT2D eigenvalue weighted by Crippen LogP contribution is 2.47. The van der Waals surface area contributed by atoms with Crippen LogP contribution >= 0.6 is 0 Å². The Kier molecular flexibility index (Phi) is 6.51. The zero-order chi connectivity index (χ0) is 17.8. The molecule has 0 aromatic carbocycles. The van der Waals surface area contributed by atoms with E-state index in [-0.39, 0.29) is 19.3 Å². The number of rotatable bonds is 9. The molecule has 0 heterocycles. The van der Waals surface area contributed by atoms with Gasteiger partial charge in [0, 0.05) is 12.8 Å². The third kappa shape index (κ3) is 4.95. The summed E-state index contributed by atoms with van der Waals surface area (Å²) < 4.78 is 86.3. The average Bonchev–Trinajstić information content (AvgIpc) is 2.32. The van der Waals surface area contributed by atoms with Crippen LogP contribution in [0.15, 0.2) is 0 Å². The molecule has 128 valence electrons. The maximum absolute atomic E-state index is 12.9. The molecule has 0 aliphatic heterocycles. The molecule has 0 spiro atoms. The molecule has 0 amide bonds. The topological polar surface area (TPSA) is 71.4 Å². The molecule has 4 nitrogen and oxygen atoms in total. The minimum atomic E-state index is -6.64. The number of halogens is 7. The Balaban J connectivity index is 4.64. The number of hydrogen-bond donors (Lipinski definition) is 1. The van der Waals surface area contributed by atoms with Crippen molar-refractivity contribution in [3.8, 4) is 0 Å². The highest BCUT2D eigenvalue weighted by molar-refractivity contribution is 6.02. The summed E-state index contributed by atoms with van der Waals surface area (Å²) in [7, 11) is 0. The Morgan fingerprint density at radius 2 is 1.27 bits per heavy atom. The summed E-state index contributed by atoms with van der Waals surface area (Å²) in [6.07, 6.45) is -9.51. The molecule has 0 aliphatic rings. The minimum absolute atomic E-state index is 0.0373. The van der Waals surface area contributed by atoms with Gasteiger partial charge in [0.2, 0.25) is 5.78 Å². The summed E-state index contributed by atoms with van der Waals surface area (Å²) in [6.45, 7) is 0. The minimum Gasteiger partial charge on any atom is -0.481 e. The third-order valence-corrected chi connectivity index (χ3v) is 2.55. The van der Waals surface area contributed by atoms with Gasteiger partial charge in [-0.1, -0.05) is 0 Å². The smallest absolute Gasteiger partial charge is 0.460 e. The van der Waals surface area contributed by atoms with Gasteiger partial charge in [0.05, 0.1) is 6.42 Å². The highest BCUT2D eigenvalue weighted by Gasteiger charge is 2.75. The van der Waals surface area contributed by atoms with E-state index in [1.807, 2.05) is 0 Å². The molecule has 0 bridgehead atoms. The number of hydrogen-bond acceptors (Lipinski definition) is 3. The van der Waals surface area contributed by atoms with Crippen LogP contribution in [0.25, 0.3) is 0 Å². The lowest BCUT2D eigenvalue weighted by Gasteiger charge is -2.26. The van der Waals surface area contributed by atoms with Crippen LogP contribution in [0, 0.1) is 0 Å². The van der Waals surface area contributed by atoms with E-state index >= 15 is 0 Å². The second-order valence-corrected chi connectivity index (χ2v) is 4.39. The first-order chi connectivity index (χ1) is 9.73. The SMILES string of the molecule is O=C(O)CCCCC(=O)CC(=O)C(F)(F)C(F)(F)C(F)(F)F. The Labute approximate surface area is 119 Å². The lowest BCUT2D eigenvalue weighted by Crippen LogP contribution is -2.56. The van der Waals surface area contributed by atoms with E-state index in [4.69, 9.17) is 5.11 Å². The van der Waals surface area contributed by atoms with Crippen LogP contribution in [0.2, 0.25) is 0 Å². The van der Waals surface area contributed by atoms with E-state index in [1.165, 1.54) is 0 Å². The van der Waals surface area contributed by atoms with Gasteiger partial charge in [-0.25, -0.2) is 0 Å². The fourth-order valence-corrected chi connectivity index (χ4v) is 1.33. The van der Waals surface area contributed by atoms with Crippen molar-refractivity contribution in [1.29, 1.82) is 0 Å². The lowest BCUT2D eigenvalue weighted by atomic mass is 10.00. The van der Waals surface area contributed by atoms with E-state index in [2.05, 4.69) is 0 Å². The van der Waals surface area contributed by atoms with Crippen molar-refractivity contribution < 1.29 is 50.2 Å². The number of unbranched alkanes of at least 4 members (excludes halogenated alkanes) is 1. The van der Waals surface area contributed by atoms with E-state index in [1.54, 1.807) is 0 Å². The maximum atomic E-state index is 12.9. The molecular weight excluding hydrogens is 329 g/mol. The molecule has 0 aromatic rings. The number of Topliss-reactive ketones (excluding diaryl/α,β-unsaturated/α-hetero) is 2. The fourth-order valence-electron chi connectivity index (χ4n) is 1.33. The van der Waals surface area contributed by atoms with Crippen molar-refractivity contribution in [2.24, 2.45) is 0 Å². The van der Waals surface area contributed by atoms with Gasteiger partial charge in [-0.15, -0.1) is 0 Å². The van der Waals surface area contributed by atoms with Crippen LogP contribution in [0.3, 0.4) is 0 Å². The molecular formula is C11H11F7O4. The molecule has 0 atom stereocenters. The van der Waals surface area contributed by atoms with Crippen molar-refractivity contribution in [2.45, 2.75) is 50.1 Å². The maximum Gasteiger partial charge on any atom is 0.460 e. The van der Waals surface area contributed by atoms with Crippen LogP contribution in [-0.2, 0) is 14.4 Å². The summed E-state index contributed by atoms with van der Waals surface area (Å²) in [5.74, 6) is -17.9. The number of ketones is 2. The summed E-state index contributed by atoms with van der Waals surface area (Å²) in [5, 5.41) is 8.27. The van der Waals surface area contributed by atoms with Gasteiger partial charge in [-0.05, 0) is 12.8 Å². The van der Waals surface area contributed by atoms with Crippen LogP contribution in [0.4, 0.5) is 30.7 Å². The zero-order valence-electron chi connectivity index (χ0n) is 10.9. The zero-order valence-corrected chi connectivity index (χ0v) is 10.9. The van der Waals surface area contributed by atoms with Gasteiger partial charge in [0.1, 0.15) is 5.78 Å². The largest absolute Gasteiger partial charge is 0.481 e. The van der Waals surface area contributed by atoms with Gasteiger partial charge in [-0.3, -0.25) is 14.4 Å². The van der Waals surface area contributed by atoms with Gasteiger partial charge < -0.3 is 5.11 Å². The summed E-state index contributed by atoms with van der Waals surface area (Å²) >= 11 is 0. The average molecular weight is 340 g/mol. The molecule has 22 heavy (non-hydrogen) atoms. The van der Waals surface area contributed by atoms with Crippen LogP contribution in [0.5, 0.6) is 0 Å². The Bertz CT molecular complexity index is 442.